The highest BCUT2D eigenvalue weighted by molar-refractivity contribution is 7.99. The Kier molecular flexibility index (Phi) is 6.90. The van der Waals surface area contributed by atoms with E-state index < -0.39 is 0 Å². The standard InChI is InChI=1S/C26H34N8OS/c1-17-15-22(32-31-17)28-21-16-23(33-11-13-34(14-12-33)26(2,3)4)30-25(29-21)36-20-9-7-19(8-10-20)27-24(35)18-5-6-18/h7-10,15-16,18H,5-6,11-14H2,1-4H3,(H,27,35)(H2,28,29,30,31,32). The van der Waals surface area contributed by atoms with E-state index in [1.54, 1.807) is 0 Å². The first-order chi connectivity index (χ1) is 17.2. The largest absolute Gasteiger partial charge is 0.354 e. The molecule has 36 heavy (non-hydrogen) atoms. The van der Waals surface area contributed by atoms with Crippen LogP contribution in [0.2, 0.25) is 0 Å². The van der Waals surface area contributed by atoms with E-state index in [9.17, 15) is 4.79 Å². The number of piperazine rings is 1. The number of carbonyl (C=O) groups is 1. The minimum Gasteiger partial charge on any atom is -0.354 e. The van der Waals surface area contributed by atoms with Crippen LogP contribution in [0.25, 0.3) is 0 Å². The summed E-state index contributed by atoms with van der Waals surface area (Å²) in [6.45, 7) is 12.6. The number of hydrogen-bond acceptors (Lipinski definition) is 8. The van der Waals surface area contributed by atoms with Gasteiger partial charge in [0.05, 0.1) is 0 Å². The van der Waals surface area contributed by atoms with Gasteiger partial charge in [-0.1, -0.05) is 0 Å². The maximum atomic E-state index is 12.0. The number of nitrogens with zero attached hydrogens (tertiary/aromatic N) is 5. The average molecular weight is 507 g/mol. The number of amides is 1. The van der Waals surface area contributed by atoms with Crippen LogP contribution in [0.1, 0.15) is 39.3 Å². The molecule has 3 heterocycles. The molecule has 10 heteroatoms. The Morgan fingerprint density at radius 1 is 1.03 bits per heavy atom. The lowest BCUT2D eigenvalue weighted by Gasteiger charge is -2.42. The van der Waals surface area contributed by atoms with Crippen molar-refractivity contribution in [1.29, 1.82) is 0 Å². The smallest absolute Gasteiger partial charge is 0.227 e. The van der Waals surface area contributed by atoms with Crippen molar-refractivity contribution in [3.8, 4) is 0 Å². The average Bonchev–Trinajstić information content (AvgIpc) is 3.62. The molecule has 0 spiro atoms. The number of benzene rings is 1. The molecule has 2 aromatic heterocycles. The van der Waals surface area contributed by atoms with Gasteiger partial charge in [0.25, 0.3) is 0 Å². The zero-order valence-electron chi connectivity index (χ0n) is 21.3. The maximum Gasteiger partial charge on any atom is 0.227 e. The van der Waals surface area contributed by atoms with Gasteiger partial charge >= 0.3 is 0 Å². The van der Waals surface area contributed by atoms with E-state index in [1.165, 1.54) is 11.8 Å². The number of aryl methyl sites for hydroxylation is 1. The van der Waals surface area contributed by atoms with Gasteiger partial charge in [0.1, 0.15) is 11.6 Å². The second-order valence-electron chi connectivity index (χ2n) is 10.5. The Hall–Kier alpha value is -3.11. The topological polar surface area (TPSA) is 102 Å². The number of nitrogens with one attached hydrogen (secondary N) is 3. The number of anilines is 4. The zero-order chi connectivity index (χ0) is 25.3. The molecule has 2 aliphatic rings. The molecule has 1 saturated heterocycles. The molecule has 1 aliphatic heterocycles. The molecule has 0 atom stereocenters. The van der Waals surface area contributed by atoms with Crippen molar-refractivity contribution in [2.75, 3.05) is 41.7 Å². The molecule has 0 unspecified atom stereocenters. The van der Waals surface area contributed by atoms with Crippen LogP contribution in [0, 0.1) is 12.8 Å². The second kappa shape index (κ2) is 10.1. The summed E-state index contributed by atoms with van der Waals surface area (Å²) >= 11 is 1.51. The fourth-order valence-corrected chi connectivity index (χ4v) is 4.97. The van der Waals surface area contributed by atoms with Crippen molar-refractivity contribution in [1.82, 2.24) is 25.1 Å². The van der Waals surface area contributed by atoms with Gasteiger partial charge in [0.15, 0.2) is 11.0 Å². The van der Waals surface area contributed by atoms with Crippen molar-refractivity contribution in [2.24, 2.45) is 5.92 Å². The molecular weight excluding hydrogens is 472 g/mol. The van der Waals surface area contributed by atoms with Gasteiger partial charge in [-0.15, -0.1) is 0 Å². The lowest BCUT2D eigenvalue weighted by atomic mass is 10.1. The maximum absolute atomic E-state index is 12.0. The molecule has 0 bridgehead atoms. The molecule has 3 N–H and O–H groups in total. The monoisotopic (exact) mass is 506 g/mol. The van der Waals surface area contributed by atoms with Gasteiger partial charge in [-0.05, 0) is 76.6 Å². The quantitative estimate of drug-likeness (QED) is 0.397. The summed E-state index contributed by atoms with van der Waals surface area (Å²) in [5.41, 5.74) is 1.96. The normalized spacial score (nSPS) is 16.7. The fraction of sp³-hybridized carbons (Fsp3) is 0.462. The van der Waals surface area contributed by atoms with E-state index in [4.69, 9.17) is 9.97 Å². The van der Waals surface area contributed by atoms with Crippen LogP contribution in [0.5, 0.6) is 0 Å². The number of rotatable bonds is 7. The summed E-state index contributed by atoms with van der Waals surface area (Å²) in [6, 6.07) is 11.8. The number of hydrogen-bond donors (Lipinski definition) is 3. The number of H-pyrrole nitrogens is 1. The second-order valence-corrected chi connectivity index (χ2v) is 11.5. The molecular formula is C26H34N8OS. The third kappa shape index (κ3) is 6.17. The zero-order valence-corrected chi connectivity index (χ0v) is 22.2. The van der Waals surface area contributed by atoms with Crippen molar-refractivity contribution in [3.63, 3.8) is 0 Å². The predicted octanol–water partition coefficient (Wildman–Crippen LogP) is 4.67. The number of aromatic nitrogens is 4. The first-order valence-electron chi connectivity index (χ1n) is 12.5. The predicted molar refractivity (Wildman–Crippen MR) is 144 cm³/mol. The van der Waals surface area contributed by atoms with Crippen LogP contribution >= 0.6 is 11.8 Å². The third-order valence-electron chi connectivity index (χ3n) is 6.49. The summed E-state index contributed by atoms with van der Waals surface area (Å²) in [5.74, 6) is 2.64. The molecule has 1 saturated carbocycles. The Morgan fingerprint density at radius 2 is 1.75 bits per heavy atom. The Morgan fingerprint density at radius 3 is 2.36 bits per heavy atom. The molecule has 190 valence electrons. The van der Waals surface area contributed by atoms with Crippen molar-refractivity contribution in [3.05, 3.63) is 42.1 Å². The molecule has 9 nitrogen and oxygen atoms in total. The number of aromatic amines is 1. The van der Waals surface area contributed by atoms with Gasteiger partial charge < -0.3 is 15.5 Å². The molecule has 2 fully saturated rings. The van der Waals surface area contributed by atoms with Gasteiger partial charge in [-0.2, -0.15) is 5.10 Å². The van der Waals surface area contributed by atoms with Gasteiger partial charge in [-0.3, -0.25) is 14.8 Å². The fourth-order valence-electron chi connectivity index (χ4n) is 4.21. The van der Waals surface area contributed by atoms with Crippen LogP contribution in [0.4, 0.5) is 23.1 Å². The summed E-state index contributed by atoms with van der Waals surface area (Å²) in [6.07, 6.45) is 1.99. The SMILES string of the molecule is Cc1cc(Nc2cc(N3CCN(C(C)(C)C)CC3)nc(Sc3ccc(NC(=O)C4CC4)cc3)n2)n[nH]1. The van der Waals surface area contributed by atoms with Gasteiger partial charge in [0, 0.05) is 66.0 Å². The van der Waals surface area contributed by atoms with E-state index in [2.05, 4.69) is 51.4 Å². The molecule has 5 rings (SSSR count). The van der Waals surface area contributed by atoms with Crippen molar-refractivity contribution < 1.29 is 4.79 Å². The van der Waals surface area contributed by atoms with E-state index in [0.717, 1.165) is 66.9 Å². The lowest BCUT2D eigenvalue weighted by molar-refractivity contribution is -0.117. The lowest BCUT2D eigenvalue weighted by Crippen LogP contribution is -2.53. The van der Waals surface area contributed by atoms with Crippen molar-refractivity contribution >= 4 is 40.8 Å². The van der Waals surface area contributed by atoms with Gasteiger partial charge in [-0.25, -0.2) is 9.97 Å². The molecule has 3 aromatic rings. The van der Waals surface area contributed by atoms with E-state index in [1.807, 2.05) is 43.3 Å². The minimum atomic E-state index is 0.113. The van der Waals surface area contributed by atoms with Crippen LogP contribution in [-0.2, 0) is 4.79 Å². The van der Waals surface area contributed by atoms with Crippen LogP contribution in [0.3, 0.4) is 0 Å². The molecule has 1 aromatic carbocycles. The summed E-state index contributed by atoms with van der Waals surface area (Å²) in [5, 5.41) is 14.2. The Labute approximate surface area is 216 Å². The minimum absolute atomic E-state index is 0.113. The summed E-state index contributed by atoms with van der Waals surface area (Å²) in [7, 11) is 0. The summed E-state index contributed by atoms with van der Waals surface area (Å²) in [4.78, 5) is 27.6. The molecule has 0 radical (unpaired) electrons. The van der Waals surface area contributed by atoms with Crippen LogP contribution in [0.15, 0.2) is 46.5 Å². The van der Waals surface area contributed by atoms with E-state index in [0.29, 0.717) is 11.0 Å². The molecule has 1 aliphatic carbocycles. The van der Waals surface area contributed by atoms with Gasteiger partial charge in [0.2, 0.25) is 5.91 Å². The molecule has 1 amide bonds. The first kappa shape index (κ1) is 24.6. The van der Waals surface area contributed by atoms with Crippen LogP contribution < -0.4 is 15.5 Å². The number of carbonyl (C=O) groups excluding carboxylic acids is 1. The third-order valence-corrected chi connectivity index (χ3v) is 7.36. The first-order valence-corrected chi connectivity index (χ1v) is 13.3. The Bertz CT molecular complexity index is 1210. The summed E-state index contributed by atoms with van der Waals surface area (Å²) < 4.78 is 0. The highest BCUT2D eigenvalue weighted by atomic mass is 32.2. The highest BCUT2D eigenvalue weighted by Crippen LogP contribution is 2.32. The Balaban J connectivity index is 1.34. The van der Waals surface area contributed by atoms with E-state index >= 15 is 0 Å². The van der Waals surface area contributed by atoms with E-state index in [-0.39, 0.29) is 17.4 Å². The van der Waals surface area contributed by atoms with Crippen LogP contribution in [-0.4, -0.2) is 62.7 Å². The highest BCUT2D eigenvalue weighted by Gasteiger charge is 2.29. The van der Waals surface area contributed by atoms with Crippen molar-refractivity contribution in [2.45, 2.75) is 56.1 Å².